The molecule has 0 aliphatic carbocycles. The Labute approximate surface area is 196 Å². The number of hydrogen-bond acceptors (Lipinski definition) is 5. The minimum Gasteiger partial charge on any atom is -0.496 e. The average Bonchev–Trinajstić information content (AvgIpc) is 3.31. The highest BCUT2D eigenvalue weighted by atomic mass is 35.5. The highest BCUT2D eigenvalue weighted by Gasteiger charge is 2.54. The van der Waals surface area contributed by atoms with Gasteiger partial charge in [-0.1, -0.05) is 29.8 Å². The number of likely N-dealkylation sites (N-methyl/N-ethyl adjacent to an activating group) is 2. The summed E-state index contributed by atoms with van der Waals surface area (Å²) >= 11 is 6.03. The van der Waals surface area contributed by atoms with Gasteiger partial charge in [-0.2, -0.15) is 0 Å². The smallest absolute Gasteiger partial charge is 0.240 e. The maximum absolute atomic E-state index is 13.2. The van der Waals surface area contributed by atoms with Crippen molar-refractivity contribution in [2.75, 3.05) is 27.7 Å². The molecule has 2 aromatic carbocycles. The van der Waals surface area contributed by atoms with Gasteiger partial charge in [-0.05, 0) is 24.3 Å². The second-order valence-corrected chi connectivity index (χ2v) is 8.74. The maximum atomic E-state index is 13.2. The van der Waals surface area contributed by atoms with Gasteiger partial charge in [-0.25, -0.2) is 4.98 Å². The van der Waals surface area contributed by atoms with Crippen molar-refractivity contribution in [3.8, 4) is 5.75 Å². The van der Waals surface area contributed by atoms with Crippen molar-refractivity contribution in [3.05, 3.63) is 58.9 Å². The molecule has 1 aromatic heterocycles. The lowest BCUT2D eigenvalue weighted by Gasteiger charge is -2.29. The summed E-state index contributed by atoms with van der Waals surface area (Å²) in [5.41, 5.74) is 0.891. The number of nitrogens with zero attached hydrogens (tertiary/aromatic N) is 3. The molecule has 4 rings (SSSR count). The molecule has 0 bridgehead atoms. The maximum Gasteiger partial charge on any atom is 0.240 e. The Balaban J connectivity index is 1.54. The molecule has 3 aromatic rings. The molecule has 0 spiro atoms. The fraction of sp³-hybridized carbons (Fsp3) is 0.333. The summed E-state index contributed by atoms with van der Waals surface area (Å²) in [6.45, 7) is 0.395. The molecule has 3 amide bonds. The normalized spacial score (nSPS) is 18.2. The van der Waals surface area contributed by atoms with Gasteiger partial charge in [0.25, 0.3) is 0 Å². The number of aromatic nitrogens is 2. The molecule has 0 unspecified atom stereocenters. The summed E-state index contributed by atoms with van der Waals surface area (Å²) in [6, 6.07) is 12.5. The molecule has 2 heterocycles. The molecule has 172 valence electrons. The van der Waals surface area contributed by atoms with Crippen LogP contribution in [-0.2, 0) is 26.2 Å². The van der Waals surface area contributed by atoms with Crippen LogP contribution in [0.25, 0.3) is 11.0 Å². The second kappa shape index (κ2) is 8.86. The number of rotatable bonds is 7. The van der Waals surface area contributed by atoms with Gasteiger partial charge in [0.1, 0.15) is 11.6 Å². The van der Waals surface area contributed by atoms with Crippen molar-refractivity contribution in [1.82, 2.24) is 19.8 Å². The Hall–Kier alpha value is -3.39. The standard InChI is InChI=1S/C24H25ClN4O4/c1-28(11-10-20-26-17-9-8-15(25)12-18(17)27-20)21(30)13-24(14-22(31)29(2)23(24)32)16-6-4-5-7-19(16)33-3/h4-9,12H,10-11,13-14H2,1-3H3,(H,26,27)/t24-/m1/s1. The van der Waals surface area contributed by atoms with Crippen LogP contribution in [0.5, 0.6) is 5.75 Å². The molecule has 1 atom stereocenters. The number of aromatic amines is 1. The third-order valence-electron chi connectivity index (χ3n) is 6.22. The fourth-order valence-corrected chi connectivity index (χ4v) is 4.49. The molecule has 1 saturated heterocycles. The van der Waals surface area contributed by atoms with Gasteiger partial charge in [0.15, 0.2) is 0 Å². The van der Waals surface area contributed by atoms with E-state index in [1.165, 1.54) is 14.2 Å². The Morgan fingerprint density at radius 2 is 2.03 bits per heavy atom. The summed E-state index contributed by atoms with van der Waals surface area (Å²) in [6.07, 6.45) is 0.296. The van der Waals surface area contributed by atoms with Crippen LogP contribution in [0.1, 0.15) is 24.2 Å². The van der Waals surface area contributed by atoms with E-state index in [9.17, 15) is 14.4 Å². The van der Waals surface area contributed by atoms with Gasteiger partial charge < -0.3 is 14.6 Å². The van der Waals surface area contributed by atoms with Crippen molar-refractivity contribution in [2.24, 2.45) is 0 Å². The van der Waals surface area contributed by atoms with Crippen LogP contribution in [0.4, 0.5) is 0 Å². The van der Waals surface area contributed by atoms with E-state index in [4.69, 9.17) is 16.3 Å². The van der Waals surface area contributed by atoms with Crippen molar-refractivity contribution in [3.63, 3.8) is 0 Å². The average molecular weight is 469 g/mol. The number of halogens is 1. The third kappa shape index (κ3) is 4.18. The van der Waals surface area contributed by atoms with Gasteiger partial charge in [0.05, 0.1) is 23.6 Å². The molecule has 1 N–H and O–H groups in total. The van der Waals surface area contributed by atoms with E-state index in [1.807, 2.05) is 6.07 Å². The van der Waals surface area contributed by atoms with Gasteiger partial charge in [0, 0.05) is 50.5 Å². The van der Waals surface area contributed by atoms with E-state index in [2.05, 4.69) is 9.97 Å². The first-order chi connectivity index (χ1) is 15.7. The van der Waals surface area contributed by atoms with E-state index in [0.717, 1.165) is 21.8 Å². The molecule has 0 saturated carbocycles. The number of hydrogen-bond donors (Lipinski definition) is 1. The first-order valence-electron chi connectivity index (χ1n) is 10.6. The number of amides is 3. The van der Waals surface area contributed by atoms with Crippen LogP contribution in [0, 0.1) is 0 Å². The Morgan fingerprint density at radius 1 is 1.27 bits per heavy atom. The Morgan fingerprint density at radius 3 is 2.73 bits per heavy atom. The number of carbonyl (C=O) groups is 3. The van der Waals surface area contributed by atoms with Crippen LogP contribution in [0.3, 0.4) is 0 Å². The molecular formula is C24H25ClN4O4. The van der Waals surface area contributed by atoms with Crippen LogP contribution in [0.15, 0.2) is 42.5 Å². The number of likely N-dealkylation sites (tertiary alicyclic amines) is 1. The first-order valence-corrected chi connectivity index (χ1v) is 11.0. The number of ether oxygens (including phenoxy) is 1. The van der Waals surface area contributed by atoms with Gasteiger partial charge in [-0.3, -0.25) is 19.3 Å². The summed E-state index contributed by atoms with van der Waals surface area (Å²) in [5, 5.41) is 0.618. The summed E-state index contributed by atoms with van der Waals surface area (Å²) in [4.78, 5) is 49.3. The minimum absolute atomic E-state index is 0.0768. The number of H-pyrrole nitrogens is 1. The predicted molar refractivity (Wildman–Crippen MR) is 124 cm³/mol. The Kier molecular flexibility index (Phi) is 6.12. The van der Waals surface area contributed by atoms with E-state index < -0.39 is 11.3 Å². The zero-order valence-corrected chi connectivity index (χ0v) is 19.5. The predicted octanol–water partition coefficient (Wildman–Crippen LogP) is 2.94. The van der Waals surface area contributed by atoms with Crippen molar-refractivity contribution >= 4 is 40.4 Å². The first kappa shape index (κ1) is 22.8. The molecule has 1 aliphatic rings. The largest absolute Gasteiger partial charge is 0.496 e. The monoisotopic (exact) mass is 468 g/mol. The third-order valence-corrected chi connectivity index (χ3v) is 6.45. The molecular weight excluding hydrogens is 444 g/mol. The molecule has 1 aliphatic heterocycles. The molecule has 0 radical (unpaired) electrons. The lowest BCUT2D eigenvalue weighted by molar-refractivity contribution is -0.141. The zero-order valence-electron chi connectivity index (χ0n) is 18.7. The van der Waals surface area contributed by atoms with E-state index in [-0.39, 0.29) is 24.7 Å². The number of nitrogens with one attached hydrogen (secondary N) is 1. The molecule has 8 nitrogen and oxygen atoms in total. The number of para-hydroxylation sites is 1. The zero-order chi connectivity index (χ0) is 23.8. The van der Waals surface area contributed by atoms with Gasteiger partial charge in [0.2, 0.25) is 17.7 Å². The van der Waals surface area contributed by atoms with Gasteiger partial charge >= 0.3 is 0 Å². The second-order valence-electron chi connectivity index (χ2n) is 8.30. The number of fused-ring (bicyclic) bond motifs is 1. The number of imide groups is 1. The van der Waals surface area contributed by atoms with Crippen LogP contribution >= 0.6 is 11.6 Å². The molecule has 1 fully saturated rings. The lowest BCUT2D eigenvalue weighted by Crippen LogP contribution is -2.42. The van der Waals surface area contributed by atoms with Crippen molar-refractivity contribution in [2.45, 2.75) is 24.7 Å². The highest BCUT2D eigenvalue weighted by Crippen LogP contribution is 2.43. The SMILES string of the molecule is COc1ccccc1[C@@]1(CC(=O)N(C)CCc2nc3ccc(Cl)cc3[nH]2)CC(=O)N(C)C1=O. The van der Waals surface area contributed by atoms with Crippen LogP contribution < -0.4 is 4.74 Å². The summed E-state index contributed by atoms with van der Waals surface area (Å²) < 4.78 is 5.46. The van der Waals surface area contributed by atoms with Crippen molar-refractivity contribution in [1.29, 1.82) is 0 Å². The molecule has 9 heteroatoms. The Bertz CT molecular complexity index is 1240. The van der Waals surface area contributed by atoms with Crippen molar-refractivity contribution < 1.29 is 19.1 Å². The quantitative estimate of drug-likeness (QED) is 0.538. The highest BCUT2D eigenvalue weighted by molar-refractivity contribution is 6.31. The van der Waals surface area contributed by atoms with Gasteiger partial charge in [-0.15, -0.1) is 0 Å². The topological polar surface area (TPSA) is 95.6 Å². The summed E-state index contributed by atoms with van der Waals surface area (Å²) in [5.74, 6) is 0.260. The fourth-order valence-electron chi connectivity index (χ4n) is 4.31. The van der Waals surface area contributed by atoms with E-state index >= 15 is 0 Å². The van der Waals surface area contributed by atoms with Crippen LogP contribution in [-0.4, -0.2) is 65.2 Å². The molecule has 33 heavy (non-hydrogen) atoms. The number of carbonyl (C=O) groups excluding carboxylic acids is 3. The number of benzene rings is 2. The van der Waals surface area contributed by atoms with Crippen LogP contribution in [0.2, 0.25) is 5.02 Å². The number of imidazole rings is 1. The number of methoxy groups -OCH3 is 1. The summed E-state index contributed by atoms with van der Waals surface area (Å²) in [7, 11) is 4.64. The van der Waals surface area contributed by atoms with E-state index in [0.29, 0.717) is 29.3 Å². The minimum atomic E-state index is -1.29. The lowest BCUT2D eigenvalue weighted by atomic mass is 9.75. The van der Waals surface area contributed by atoms with E-state index in [1.54, 1.807) is 48.3 Å².